The smallest absolute Gasteiger partial charge is 0.222 e. The average Bonchev–Trinajstić information content (AvgIpc) is 2.30. The number of hydrogen-bond donors (Lipinski definition) is 3. The van der Waals surface area contributed by atoms with E-state index in [1.165, 1.54) is 0 Å². The Labute approximate surface area is 129 Å². The van der Waals surface area contributed by atoms with Crippen LogP contribution in [0.4, 0.5) is 5.69 Å². The summed E-state index contributed by atoms with van der Waals surface area (Å²) in [4.78, 5) is 12.0. The van der Waals surface area contributed by atoms with Gasteiger partial charge in [0.15, 0.2) is 0 Å². The van der Waals surface area contributed by atoms with Gasteiger partial charge < -0.3 is 16.4 Å². The second-order valence-corrected chi connectivity index (χ2v) is 6.92. The summed E-state index contributed by atoms with van der Waals surface area (Å²) in [6, 6.07) is 5.96. The highest BCUT2D eigenvalue weighted by molar-refractivity contribution is 9.10. The molecule has 0 heterocycles. The van der Waals surface area contributed by atoms with Crippen LogP contribution in [-0.4, -0.2) is 24.0 Å². The van der Waals surface area contributed by atoms with Crippen LogP contribution in [0, 0.1) is 6.92 Å². The molecule has 0 aliphatic carbocycles. The van der Waals surface area contributed by atoms with Gasteiger partial charge in [-0.15, -0.1) is 0 Å². The number of aryl methyl sites for hydroxylation is 1. The number of anilines is 1. The lowest BCUT2D eigenvalue weighted by Crippen LogP contribution is -2.44. The number of benzene rings is 1. The van der Waals surface area contributed by atoms with Crippen LogP contribution in [0.15, 0.2) is 22.7 Å². The first-order valence-corrected chi connectivity index (χ1v) is 7.54. The first-order chi connectivity index (χ1) is 9.21. The van der Waals surface area contributed by atoms with Crippen molar-refractivity contribution in [1.29, 1.82) is 0 Å². The third-order valence-electron chi connectivity index (χ3n) is 2.71. The molecule has 1 rings (SSSR count). The zero-order valence-corrected chi connectivity index (χ0v) is 14.2. The molecule has 0 aliphatic heterocycles. The number of carbonyl (C=O) groups excluding carboxylic acids is 1. The van der Waals surface area contributed by atoms with Crippen LogP contribution in [0.2, 0.25) is 0 Å². The van der Waals surface area contributed by atoms with Crippen molar-refractivity contribution >= 4 is 27.5 Å². The minimum Gasteiger partial charge on any atom is -0.380 e. The molecule has 0 saturated heterocycles. The molecule has 1 aromatic carbocycles. The molecule has 112 valence electrons. The lowest BCUT2D eigenvalue weighted by molar-refractivity contribution is -0.122. The van der Waals surface area contributed by atoms with Crippen molar-refractivity contribution in [2.24, 2.45) is 5.73 Å². The van der Waals surface area contributed by atoms with Crippen LogP contribution in [0.3, 0.4) is 0 Å². The van der Waals surface area contributed by atoms with Gasteiger partial charge in [0.1, 0.15) is 0 Å². The van der Waals surface area contributed by atoms with Crippen molar-refractivity contribution in [3.05, 3.63) is 28.2 Å². The molecule has 0 saturated carbocycles. The average molecular weight is 342 g/mol. The van der Waals surface area contributed by atoms with Gasteiger partial charge >= 0.3 is 0 Å². The number of halogens is 1. The van der Waals surface area contributed by atoms with Crippen LogP contribution in [-0.2, 0) is 4.79 Å². The molecule has 1 aromatic rings. The predicted octanol–water partition coefficient (Wildman–Crippen LogP) is 2.80. The largest absolute Gasteiger partial charge is 0.380 e. The van der Waals surface area contributed by atoms with E-state index < -0.39 is 0 Å². The van der Waals surface area contributed by atoms with E-state index in [1.54, 1.807) is 0 Å². The quantitative estimate of drug-likeness (QED) is 0.771. The number of rotatable bonds is 5. The highest BCUT2D eigenvalue weighted by atomic mass is 79.9. The van der Waals surface area contributed by atoms with E-state index in [-0.39, 0.29) is 17.5 Å². The third-order valence-corrected chi connectivity index (χ3v) is 3.40. The van der Waals surface area contributed by atoms with Crippen molar-refractivity contribution in [2.45, 2.75) is 45.7 Å². The Morgan fingerprint density at radius 1 is 1.40 bits per heavy atom. The van der Waals surface area contributed by atoms with Gasteiger partial charge in [-0.05, 0) is 61.3 Å². The van der Waals surface area contributed by atoms with Gasteiger partial charge in [0, 0.05) is 34.7 Å². The molecular weight excluding hydrogens is 318 g/mol. The van der Waals surface area contributed by atoms with E-state index in [0.717, 1.165) is 15.7 Å². The molecule has 1 atom stereocenters. The Kier molecular flexibility index (Phi) is 6.02. The van der Waals surface area contributed by atoms with Crippen LogP contribution in [0.5, 0.6) is 0 Å². The number of carbonyl (C=O) groups is 1. The van der Waals surface area contributed by atoms with Gasteiger partial charge in [-0.1, -0.05) is 6.07 Å². The van der Waals surface area contributed by atoms with Crippen LogP contribution in [0.1, 0.15) is 32.8 Å². The van der Waals surface area contributed by atoms with E-state index in [4.69, 9.17) is 5.73 Å². The first-order valence-electron chi connectivity index (χ1n) is 6.75. The van der Waals surface area contributed by atoms with E-state index in [2.05, 4.69) is 26.6 Å². The van der Waals surface area contributed by atoms with Crippen molar-refractivity contribution in [3.63, 3.8) is 0 Å². The fourth-order valence-corrected chi connectivity index (χ4v) is 2.22. The molecule has 1 amide bonds. The SMILES string of the molecule is Cc1ccc(Br)c(NC(CN)CC(=O)NC(C)(C)C)c1. The molecule has 1 unspecified atom stereocenters. The second-order valence-electron chi connectivity index (χ2n) is 6.06. The topological polar surface area (TPSA) is 67.1 Å². The Bertz CT molecular complexity index is 469. The fourth-order valence-electron chi connectivity index (χ4n) is 1.86. The zero-order valence-electron chi connectivity index (χ0n) is 12.6. The van der Waals surface area contributed by atoms with E-state index in [9.17, 15) is 4.79 Å². The van der Waals surface area contributed by atoms with Crippen molar-refractivity contribution in [1.82, 2.24) is 5.32 Å². The molecule has 0 bridgehead atoms. The second kappa shape index (κ2) is 7.09. The summed E-state index contributed by atoms with van der Waals surface area (Å²) in [6.45, 7) is 8.33. The van der Waals surface area contributed by atoms with Gasteiger partial charge in [0.2, 0.25) is 5.91 Å². The van der Waals surface area contributed by atoms with Crippen LogP contribution in [0.25, 0.3) is 0 Å². The van der Waals surface area contributed by atoms with E-state index in [1.807, 2.05) is 45.9 Å². The molecule has 0 aromatic heterocycles. The van der Waals surface area contributed by atoms with Crippen molar-refractivity contribution < 1.29 is 4.79 Å². The molecule has 5 heteroatoms. The highest BCUT2D eigenvalue weighted by Crippen LogP contribution is 2.24. The molecular formula is C15H24BrN3O. The molecule has 0 fully saturated rings. The lowest BCUT2D eigenvalue weighted by atomic mass is 10.1. The van der Waals surface area contributed by atoms with Gasteiger partial charge in [-0.25, -0.2) is 0 Å². The van der Waals surface area contributed by atoms with E-state index >= 15 is 0 Å². The lowest BCUT2D eigenvalue weighted by Gasteiger charge is -2.24. The Hall–Kier alpha value is -1.07. The minimum absolute atomic E-state index is 0.00391. The maximum atomic E-state index is 12.0. The molecule has 0 aliphatic rings. The zero-order chi connectivity index (χ0) is 15.3. The third kappa shape index (κ3) is 5.92. The summed E-state index contributed by atoms with van der Waals surface area (Å²) in [6.07, 6.45) is 0.355. The molecule has 4 nitrogen and oxygen atoms in total. The summed E-state index contributed by atoms with van der Waals surface area (Å²) in [5.74, 6) is 0.00391. The summed E-state index contributed by atoms with van der Waals surface area (Å²) in [5.41, 5.74) is 7.66. The molecule has 0 spiro atoms. The van der Waals surface area contributed by atoms with Gasteiger partial charge in [-0.2, -0.15) is 0 Å². The summed E-state index contributed by atoms with van der Waals surface area (Å²) in [5, 5.41) is 6.27. The van der Waals surface area contributed by atoms with Crippen molar-refractivity contribution in [2.75, 3.05) is 11.9 Å². The number of amides is 1. The minimum atomic E-state index is -0.222. The number of nitrogens with one attached hydrogen (secondary N) is 2. The Balaban J connectivity index is 2.68. The predicted molar refractivity (Wildman–Crippen MR) is 87.9 cm³/mol. The summed E-state index contributed by atoms with van der Waals surface area (Å²) in [7, 11) is 0. The highest BCUT2D eigenvalue weighted by Gasteiger charge is 2.18. The molecule has 0 radical (unpaired) electrons. The number of nitrogens with two attached hydrogens (primary N) is 1. The normalized spacial score (nSPS) is 12.9. The number of hydrogen-bond acceptors (Lipinski definition) is 3. The first kappa shape index (κ1) is 17.0. The van der Waals surface area contributed by atoms with Crippen molar-refractivity contribution in [3.8, 4) is 0 Å². The Morgan fingerprint density at radius 2 is 2.05 bits per heavy atom. The van der Waals surface area contributed by atoms with Crippen LogP contribution >= 0.6 is 15.9 Å². The maximum absolute atomic E-state index is 12.0. The van der Waals surface area contributed by atoms with Crippen LogP contribution < -0.4 is 16.4 Å². The maximum Gasteiger partial charge on any atom is 0.222 e. The fraction of sp³-hybridized carbons (Fsp3) is 0.533. The Morgan fingerprint density at radius 3 is 2.60 bits per heavy atom. The summed E-state index contributed by atoms with van der Waals surface area (Å²) >= 11 is 3.50. The van der Waals surface area contributed by atoms with E-state index in [0.29, 0.717) is 13.0 Å². The molecule has 20 heavy (non-hydrogen) atoms. The summed E-state index contributed by atoms with van der Waals surface area (Å²) < 4.78 is 0.970. The monoisotopic (exact) mass is 341 g/mol. The van der Waals surface area contributed by atoms with Gasteiger partial charge in [0.25, 0.3) is 0 Å². The van der Waals surface area contributed by atoms with Gasteiger partial charge in [-0.3, -0.25) is 4.79 Å². The molecule has 4 N–H and O–H groups in total. The van der Waals surface area contributed by atoms with Gasteiger partial charge in [0.05, 0.1) is 0 Å². The standard InChI is InChI=1S/C15H24BrN3O/c1-10-5-6-12(16)13(7-10)18-11(9-17)8-14(20)19-15(2,3)4/h5-7,11,18H,8-9,17H2,1-4H3,(H,19,20).